The van der Waals surface area contributed by atoms with E-state index in [1.807, 2.05) is 30.6 Å². The van der Waals surface area contributed by atoms with Gasteiger partial charge in [0.05, 0.1) is 11.4 Å². The van der Waals surface area contributed by atoms with E-state index >= 15 is 0 Å². The minimum Gasteiger partial charge on any atom is -0.299 e. The van der Waals surface area contributed by atoms with Gasteiger partial charge in [-0.1, -0.05) is 48.5 Å². The van der Waals surface area contributed by atoms with E-state index in [-0.39, 0.29) is 0 Å². The van der Waals surface area contributed by atoms with Gasteiger partial charge in [-0.2, -0.15) is 5.10 Å². The molecular formula is C26H25N4. The zero-order valence-electron chi connectivity index (χ0n) is 17.0. The van der Waals surface area contributed by atoms with E-state index in [0.29, 0.717) is 5.92 Å². The molecule has 0 unspecified atom stereocenters. The van der Waals surface area contributed by atoms with Gasteiger partial charge in [-0.05, 0) is 66.9 Å². The number of likely N-dealkylation sites (tertiary alicyclic amines) is 1. The molecule has 4 nitrogen and oxygen atoms in total. The molecule has 30 heavy (non-hydrogen) atoms. The third-order valence-electron chi connectivity index (χ3n) is 5.99. The third-order valence-corrected chi connectivity index (χ3v) is 5.99. The second-order valence-corrected chi connectivity index (χ2v) is 7.93. The number of hydrogen-bond acceptors (Lipinski definition) is 3. The van der Waals surface area contributed by atoms with Gasteiger partial charge >= 0.3 is 0 Å². The van der Waals surface area contributed by atoms with Crippen molar-refractivity contribution < 1.29 is 0 Å². The van der Waals surface area contributed by atoms with Gasteiger partial charge in [0, 0.05) is 30.4 Å². The molecule has 0 amide bonds. The monoisotopic (exact) mass is 393 g/mol. The number of hydrogen-bond donors (Lipinski definition) is 1. The Balaban J connectivity index is 1.24. The van der Waals surface area contributed by atoms with Crippen LogP contribution in [0, 0.1) is 6.07 Å². The zero-order chi connectivity index (χ0) is 20.2. The Bertz CT molecular complexity index is 1080. The van der Waals surface area contributed by atoms with Gasteiger partial charge in [0.2, 0.25) is 0 Å². The summed E-state index contributed by atoms with van der Waals surface area (Å²) in [5.74, 6) is 0.518. The number of aromatic amines is 1. The Kier molecular flexibility index (Phi) is 5.40. The molecule has 1 saturated heterocycles. The number of nitrogens with zero attached hydrogens (tertiary/aromatic N) is 3. The fourth-order valence-electron chi connectivity index (χ4n) is 4.33. The van der Waals surface area contributed by atoms with E-state index < -0.39 is 0 Å². The van der Waals surface area contributed by atoms with Crippen LogP contribution in [-0.2, 0) is 6.54 Å². The molecule has 1 fully saturated rings. The molecule has 2 aromatic carbocycles. The van der Waals surface area contributed by atoms with Crippen LogP contribution in [-0.4, -0.2) is 33.2 Å². The molecule has 149 valence electrons. The van der Waals surface area contributed by atoms with Crippen molar-refractivity contribution in [2.45, 2.75) is 25.3 Å². The highest BCUT2D eigenvalue weighted by atomic mass is 15.1. The quantitative estimate of drug-likeness (QED) is 0.499. The standard InChI is InChI=1S/C26H25N4/c1-2-6-20(7-3-1)24-9-5-4-8-23(24)19-30-16-12-22(13-17-30)26-18-25(28-29-26)21-10-14-27-15-11-21/h1-8,10-11,14-15,18,22H,12-13,16-17,19H2,(H,28,29). The van der Waals surface area contributed by atoms with E-state index in [9.17, 15) is 0 Å². The minimum absolute atomic E-state index is 0.518. The summed E-state index contributed by atoms with van der Waals surface area (Å²) in [5.41, 5.74) is 7.19. The molecule has 0 saturated carbocycles. The summed E-state index contributed by atoms with van der Waals surface area (Å²) in [6.45, 7) is 3.15. The number of benzene rings is 2. The van der Waals surface area contributed by atoms with Gasteiger partial charge in [0.1, 0.15) is 0 Å². The smallest absolute Gasteiger partial charge is 0.0660 e. The van der Waals surface area contributed by atoms with Crippen LogP contribution < -0.4 is 0 Å². The molecule has 4 aromatic rings. The largest absolute Gasteiger partial charge is 0.299 e. The van der Waals surface area contributed by atoms with Gasteiger partial charge in [0.15, 0.2) is 0 Å². The number of H-pyrrole nitrogens is 1. The first kappa shape index (κ1) is 18.8. The molecule has 1 N–H and O–H groups in total. The van der Waals surface area contributed by atoms with Crippen LogP contribution in [0.25, 0.3) is 22.4 Å². The lowest BCUT2D eigenvalue weighted by Gasteiger charge is -2.31. The number of piperidine rings is 1. The summed E-state index contributed by atoms with van der Waals surface area (Å²) in [6.07, 6.45) is 5.91. The number of aromatic nitrogens is 3. The van der Waals surface area contributed by atoms with E-state index in [1.165, 1.54) is 22.4 Å². The summed E-state index contributed by atoms with van der Waals surface area (Å²) < 4.78 is 0. The van der Waals surface area contributed by atoms with Crippen molar-refractivity contribution in [2.24, 2.45) is 0 Å². The Morgan fingerprint density at radius 2 is 1.73 bits per heavy atom. The second-order valence-electron chi connectivity index (χ2n) is 7.93. The molecule has 1 radical (unpaired) electrons. The van der Waals surface area contributed by atoms with Gasteiger partial charge in [-0.25, -0.2) is 0 Å². The van der Waals surface area contributed by atoms with Crippen molar-refractivity contribution >= 4 is 0 Å². The van der Waals surface area contributed by atoms with Gasteiger partial charge in [-0.15, -0.1) is 0 Å². The first-order chi connectivity index (χ1) is 14.9. The third kappa shape index (κ3) is 4.05. The van der Waals surface area contributed by atoms with Crippen LogP contribution >= 0.6 is 0 Å². The lowest BCUT2D eigenvalue weighted by atomic mass is 9.92. The SMILES string of the molecule is [c]1cccc(CN2CCC(c3cc(-c4ccncc4)[nH]n3)CC2)c1-c1ccccc1. The predicted molar refractivity (Wildman–Crippen MR) is 120 cm³/mol. The summed E-state index contributed by atoms with van der Waals surface area (Å²) >= 11 is 0. The van der Waals surface area contributed by atoms with Crippen molar-refractivity contribution in [3.05, 3.63) is 96.4 Å². The molecule has 2 aromatic heterocycles. The summed E-state index contributed by atoms with van der Waals surface area (Å²) in [7, 11) is 0. The zero-order valence-corrected chi connectivity index (χ0v) is 17.0. The lowest BCUT2D eigenvalue weighted by molar-refractivity contribution is 0.203. The first-order valence-corrected chi connectivity index (χ1v) is 10.6. The predicted octanol–water partition coefficient (Wildman–Crippen LogP) is 5.32. The summed E-state index contributed by atoms with van der Waals surface area (Å²) in [5, 5.41) is 7.81. The molecule has 4 heteroatoms. The normalized spacial score (nSPS) is 15.3. The Hall–Kier alpha value is -3.24. The van der Waals surface area contributed by atoms with Crippen molar-refractivity contribution in [3.63, 3.8) is 0 Å². The van der Waals surface area contributed by atoms with Crippen LogP contribution in [0.5, 0.6) is 0 Å². The topological polar surface area (TPSA) is 44.8 Å². The fraction of sp³-hybridized carbons (Fsp3) is 0.231. The molecule has 1 aliphatic rings. The van der Waals surface area contributed by atoms with Gasteiger partial charge in [-0.3, -0.25) is 15.0 Å². The average molecular weight is 394 g/mol. The highest BCUT2D eigenvalue weighted by Crippen LogP contribution is 2.31. The Morgan fingerprint density at radius 3 is 2.53 bits per heavy atom. The first-order valence-electron chi connectivity index (χ1n) is 10.6. The molecule has 0 atom stereocenters. The van der Waals surface area contributed by atoms with E-state index in [4.69, 9.17) is 0 Å². The maximum atomic E-state index is 4.61. The molecule has 0 aliphatic carbocycles. The van der Waals surface area contributed by atoms with Crippen molar-refractivity contribution in [2.75, 3.05) is 13.1 Å². The van der Waals surface area contributed by atoms with Crippen LogP contribution in [0.2, 0.25) is 0 Å². The number of nitrogens with one attached hydrogen (secondary N) is 1. The maximum Gasteiger partial charge on any atom is 0.0660 e. The summed E-state index contributed by atoms with van der Waals surface area (Å²) in [4.78, 5) is 6.65. The van der Waals surface area contributed by atoms with E-state index in [2.05, 4.69) is 74.7 Å². The van der Waals surface area contributed by atoms with Crippen LogP contribution in [0.3, 0.4) is 0 Å². The van der Waals surface area contributed by atoms with Gasteiger partial charge < -0.3 is 0 Å². The molecular weight excluding hydrogens is 368 g/mol. The Labute approximate surface area is 177 Å². The van der Waals surface area contributed by atoms with Crippen LogP contribution in [0.4, 0.5) is 0 Å². The van der Waals surface area contributed by atoms with Crippen LogP contribution in [0.1, 0.15) is 30.0 Å². The number of rotatable bonds is 5. The molecule has 0 spiro atoms. The highest BCUT2D eigenvalue weighted by molar-refractivity contribution is 5.66. The molecule has 0 bridgehead atoms. The molecule has 3 heterocycles. The van der Waals surface area contributed by atoms with Crippen molar-refractivity contribution in [1.29, 1.82) is 0 Å². The number of pyridine rings is 1. The summed E-state index contributed by atoms with van der Waals surface area (Å²) in [6, 6.07) is 26.6. The second kappa shape index (κ2) is 8.64. The van der Waals surface area contributed by atoms with Crippen LogP contribution in [0.15, 0.2) is 79.1 Å². The maximum absolute atomic E-state index is 4.61. The Morgan fingerprint density at radius 1 is 0.933 bits per heavy atom. The van der Waals surface area contributed by atoms with Crippen molar-refractivity contribution in [3.8, 4) is 22.4 Å². The minimum atomic E-state index is 0.518. The van der Waals surface area contributed by atoms with Crippen molar-refractivity contribution in [1.82, 2.24) is 20.1 Å². The van der Waals surface area contributed by atoms with Gasteiger partial charge in [0.25, 0.3) is 0 Å². The fourth-order valence-corrected chi connectivity index (χ4v) is 4.33. The lowest BCUT2D eigenvalue weighted by Crippen LogP contribution is -2.32. The molecule has 5 rings (SSSR count). The molecule has 1 aliphatic heterocycles. The highest BCUT2D eigenvalue weighted by Gasteiger charge is 2.23. The average Bonchev–Trinajstić information content (AvgIpc) is 3.32. The van der Waals surface area contributed by atoms with E-state index in [1.54, 1.807) is 0 Å². The van der Waals surface area contributed by atoms with E-state index in [0.717, 1.165) is 43.7 Å².